The predicted octanol–water partition coefficient (Wildman–Crippen LogP) is 18.2. The lowest BCUT2D eigenvalue weighted by Crippen LogP contribution is -2.45. The number of carbonyl (C=O) groups excluding carboxylic acids is 2. The van der Waals surface area contributed by atoms with E-state index in [4.69, 9.17) is 4.74 Å². The first-order valence-electron chi connectivity index (χ1n) is 29.6. The van der Waals surface area contributed by atoms with Crippen molar-refractivity contribution in [2.75, 3.05) is 13.2 Å². The summed E-state index contributed by atoms with van der Waals surface area (Å²) >= 11 is 0. The van der Waals surface area contributed by atoms with Gasteiger partial charge in [0, 0.05) is 12.8 Å². The highest BCUT2D eigenvalue weighted by Crippen LogP contribution is 2.17. The van der Waals surface area contributed by atoms with Gasteiger partial charge in [-0.2, -0.15) is 0 Å². The van der Waals surface area contributed by atoms with Gasteiger partial charge in [-0.3, -0.25) is 9.59 Å². The molecule has 6 nitrogen and oxygen atoms in total. The molecule has 0 saturated carbocycles. The smallest absolute Gasteiger partial charge is 0.305 e. The number of ether oxygens (including phenoxy) is 1. The molecule has 0 aromatic heterocycles. The highest BCUT2D eigenvalue weighted by atomic mass is 16.5. The number of aliphatic hydroxyl groups excluding tert-OH is 2. The minimum atomic E-state index is -0.860. The molecule has 0 radical (unpaired) electrons. The molecule has 3 N–H and O–H groups in total. The van der Waals surface area contributed by atoms with E-state index in [1.54, 1.807) is 6.08 Å². The van der Waals surface area contributed by atoms with Crippen LogP contribution in [0.25, 0.3) is 0 Å². The number of carbonyl (C=O) groups is 2. The minimum absolute atomic E-state index is 0.0192. The van der Waals surface area contributed by atoms with Crippen LogP contribution in [0.4, 0.5) is 0 Å². The van der Waals surface area contributed by atoms with Crippen molar-refractivity contribution in [3.05, 3.63) is 24.3 Å². The lowest BCUT2D eigenvalue weighted by molar-refractivity contribution is -0.143. The van der Waals surface area contributed by atoms with Gasteiger partial charge in [-0.1, -0.05) is 269 Å². The van der Waals surface area contributed by atoms with Crippen LogP contribution in [-0.4, -0.2) is 47.4 Å². The van der Waals surface area contributed by atoms with E-state index in [0.717, 1.165) is 77.0 Å². The molecule has 0 aliphatic rings. The van der Waals surface area contributed by atoms with Crippen LogP contribution >= 0.6 is 0 Å². The first kappa shape index (κ1) is 64.3. The molecule has 390 valence electrons. The number of unbranched alkanes of at least 4 members (excludes halogenated alkanes) is 42. The van der Waals surface area contributed by atoms with Gasteiger partial charge in [0.25, 0.3) is 0 Å². The Morgan fingerprint density at radius 3 is 1.08 bits per heavy atom. The highest BCUT2D eigenvalue weighted by Gasteiger charge is 2.18. The molecule has 6 heteroatoms. The maximum atomic E-state index is 12.5. The van der Waals surface area contributed by atoms with Crippen LogP contribution in [0.3, 0.4) is 0 Å². The van der Waals surface area contributed by atoms with Crippen molar-refractivity contribution in [1.29, 1.82) is 0 Å². The monoisotopic (exact) mass is 930 g/mol. The zero-order chi connectivity index (χ0) is 47.9. The van der Waals surface area contributed by atoms with E-state index in [1.807, 2.05) is 6.08 Å². The maximum Gasteiger partial charge on any atom is 0.305 e. The molecule has 1 amide bonds. The number of hydrogen-bond donors (Lipinski definition) is 3. The maximum absolute atomic E-state index is 12.5. The van der Waals surface area contributed by atoms with Crippen LogP contribution in [0.1, 0.15) is 322 Å². The van der Waals surface area contributed by atoms with Crippen LogP contribution in [0, 0.1) is 0 Å². The zero-order valence-corrected chi connectivity index (χ0v) is 44.4. The van der Waals surface area contributed by atoms with Crippen LogP contribution in [0.15, 0.2) is 24.3 Å². The minimum Gasteiger partial charge on any atom is -0.466 e. The highest BCUT2D eigenvalue weighted by molar-refractivity contribution is 5.76. The lowest BCUT2D eigenvalue weighted by atomic mass is 10.0. The number of hydrogen-bond acceptors (Lipinski definition) is 5. The fraction of sp³-hybridized carbons (Fsp3) is 0.900. The fourth-order valence-corrected chi connectivity index (χ4v) is 9.16. The molecule has 66 heavy (non-hydrogen) atoms. The Balaban J connectivity index is 3.50. The third-order valence-electron chi connectivity index (χ3n) is 13.7. The summed E-state index contributed by atoms with van der Waals surface area (Å²) in [4.78, 5) is 24.6. The van der Waals surface area contributed by atoms with E-state index >= 15 is 0 Å². The van der Waals surface area contributed by atoms with Crippen LogP contribution < -0.4 is 5.32 Å². The van der Waals surface area contributed by atoms with Crippen molar-refractivity contribution in [2.24, 2.45) is 0 Å². The largest absolute Gasteiger partial charge is 0.466 e. The van der Waals surface area contributed by atoms with Crippen molar-refractivity contribution in [3.63, 3.8) is 0 Å². The summed E-state index contributed by atoms with van der Waals surface area (Å²) in [6, 6.07) is -0.646. The van der Waals surface area contributed by atoms with Gasteiger partial charge in [-0.15, -0.1) is 0 Å². The number of amides is 1. The Morgan fingerprint density at radius 1 is 0.409 bits per heavy atom. The van der Waals surface area contributed by atoms with Gasteiger partial charge in [-0.25, -0.2) is 0 Å². The average molecular weight is 931 g/mol. The van der Waals surface area contributed by atoms with Gasteiger partial charge in [0.05, 0.1) is 25.4 Å². The number of aliphatic hydroxyl groups is 2. The molecule has 0 spiro atoms. The summed E-state index contributed by atoms with van der Waals surface area (Å²) in [5.41, 5.74) is 0. The second-order valence-electron chi connectivity index (χ2n) is 20.3. The van der Waals surface area contributed by atoms with Gasteiger partial charge < -0.3 is 20.3 Å². The molecule has 0 aliphatic heterocycles. The Bertz CT molecular complexity index is 1030. The predicted molar refractivity (Wildman–Crippen MR) is 287 cm³/mol. The molecule has 0 rings (SSSR count). The Labute approximate surface area is 411 Å². The van der Waals surface area contributed by atoms with Gasteiger partial charge in [0.15, 0.2) is 0 Å². The molecule has 2 atom stereocenters. The first-order valence-corrected chi connectivity index (χ1v) is 29.6. The van der Waals surface area contributed by atoms with Crippen molar-refractivity contribution in [1.82, 2.24) is 5.32 Å². The number of esters is 1. The molecule has 0 aliphatic carbocycles. The first-order chi connectivity index (χ1) is 32.5. The SMILES string of the molecule is CCCCCCCCCCCCCCCCCC/C=C/C(O)C(CO)NC(=O)CCCCCCC/C=C\CCCCCOC(=O)CCCCCCCCCCCCCCCCCCCCC. The van der Waals surface area contributed by atoms with Crippen molar-refractivity contribution < 1.29 is 24.5 Å². The molecular formula is C60H115NO5. The third-order valence-corrected chi connectivity index (χ3v) is 13.7. The van der Waals surface area contributed by atoms with E-state index in [9.17, 15) is 19.8 Å². The molecular weight excluding hydrogens is 815 g/mol. The molecule has 0 saturated heterocycles. The van der Waals surface area contributed by atoms with Crippen LogP contribution in [-0.2, 0) is 14.3 Å². The van der Waals surface area contributed by atoms with Gasteiger partial charge in [-0.05, 0) is 64.2 Å². The number of nitrogens with one attached hydrogen (secondary N) is 1. The standard InChI is InChI=1S/C60H115NO5/c1-3-5-7-9-11-13-15-17-19-21-23-25-27-29-34-38-42-46-50-54-60(65)66-55-51-47-43-39-35-31-30-33-37-41-45-49-53-59(64)61-57(56-62)58(63)52-48-44-40-36-32-28-26-24-22-20-18-16-14-12-10-8-6-4-2/h31,35,48,52,57-58,62-63H,3-30,32-34,36-47,49-51,53-56H2,1-2H3,(H,61,64)/b35-31-,52-48+. The number of rotatable bonds is 55. The lowest BCUT2D eigenvalue weighted by Gasteiger charge is -2.20. The Hall–Kier alpha value is -1.66. The summed E-state index contributed by atoms with van der Waals surface area (Å²) in [7, 11) is 0. The summed E-state index contributed by atoms with van der Waals surface area (Å²) in [6.07, 6.45) is 67.7. The second-order valence-corrected chi connectivity index (χ2v) is 20.3. The van der Waals surface area contributed by atoms with Gasteiger partial charge in [0.1, 0.15) is 0 Å². The normalized spacial score (nSPS) is 12.7. The topological polar surface area (TPSA) is 95.9 Å². The van der Waals surface area contributed by atoms with E-state index in [0.29, 0.717) is 19.4 Å². The number of allylic oxidation sites excluding steroid dienone is 3. The quantitative estimate of drug-likeness (QED) is 0.0321. The fourth-order valence-electron chi connectivity index (χ4n) is 9.16. The van der Waals surface area contributed by atoms with Crippen LogP contribution in [0.5, 0.6) is 0 Å². The Morgan fingerprint density at radius 2 is 0.712 bits per heavy atom. The van der Waals surface area contributed by atoms with Gasteiger partial charge >= 0.3 is 5.97 Å². The van der Waals surface area contributed by atoms with Crippen molar-refractivity contribution >= 4 is 11.9 Å². The third kappa shape index (κ3) is 51.7. The average Bonchev–Trinajstić information content (AvgIpc) is 3.32. The van der Waals surface area contributed by atoms with E-state index in [2.05, 4.69) is 31.3 Å². The van der Waals surface area contributed by atoms with Crippen molar-refractivity contribution in [3.8, 4) is 0 Å². The van der Waals surface area contributed by atoms with E-state index in [-0.39, 0.29) is 18.5 Å². The van der Waals surface area contributed by atoms with Crippen LogP contribution in [0.2, 0.25) is 0 Å². The summed E-state index contributed by atoms with van der Waals surface area (Å²) in [6.45, 7) is 4.87. The van der Waals surface area contributed by atoms with Crippen molar-refractivity contribution in [2.45, 2.75) is 334 Å². The summed E-state index contributed by atoms with van der Waals surface area (Å²) < 4.78 is 5.47. The molecule has 0 aromatic rings. The van der Waals surface area contributed by atoms with E-state index < -0.39 is 12.1 Å². The van der Waals surface area contributed by atoms with Gasteiger partial charge in [0.2, 0.25) is 5.91 Å². The molecule has 0 fully saturated rings. The zero-order valence-electron chi connectivity index (χ0n) is 44.4. The second kappa shape index (κ2) is 55.9. The summed E-state index contributed by atoms with van der Waals surface area (Å²) in [5, 5.41) is 23.1. The Kier molecular flexibility index (Phi) is 54.5. The summed E-state index contributed by atoms with van der Waals surface area (Å²) in [5.74, 6) is -0.110. The van der Waals surface area contributed by atoms with E-state index in [1.165, 1.54) is 218 Å². The molecule has 0 heterocycles. The molecule has 0 aromatic carbocycles. The molecule has 2 unspecified atom stereocenters. The molecule has 0 bridgehead atoms.